The highest BCUT2D eigenvalue weighted by Crippen LogP contribution is 2.40. The minimum Gasteiger partial charge on any atom is -0.383 e. The largest absolute Gasteiger partial charge is 0.383 e. The number of guanidine groups is 1. The van der Waals surface area contributed by atoms with Gasteiger partial charge in [-0.3, -0.25) is 4.99 Å². The lowest BCUT2D eigenvalue weighted by Gasteiger charge is -2.11. The lowest BCUT2D eigenvalue weighted by Crippen LogP contribution is -2.39. The van der Waals surface area contributed by atoms with Crippen molar-refractivity contribution in [1.29, 1.82) is 0 Å². The first-order valence-electron chi connectivity index (χ1n) is 6.94. The highest BCUT2D eigenvalue weighted by Gasteiger charge is 2.38. The summed E-state index contributed by atoms with van der Waals surface area (Å²) in [5.74, 6) is 1.51. The predicted octanol–water partition coefficient (Wildman–Crippen LogP) is 1.74. The summed E-state index contributed by atoms with van der Waals surface area (Å²) in [5, 5.41) is 6.75. The molecule has 19 heavy (non-hydrogen) atoms. The first kappa shape index (κ1) is 13.9. The molecular weight excluding hydrogens is 238 g/mol. The first-order chi connectivity index (χ1) is 9.35. The van der Waals surface area contributed by atoms with E-state index in [9.17, 15) is 0 Å². The number of hydrogen-bond donors (Lipinski definition) is 2. The van der Waals surface area contributed by atoms with Crippen molar-refractivity contribution in [2.75, 3.05) is 26.8 Å². The third-order valence-corrected chi connectivity index (χ3v) is 3.25. The van der Waals surface area contributed by atoms with E-state index in [4.69, 9.17) is 4.74 Å². The highest BCUT2D eigenvalue weighted by atomic mass is 16.5. The van der Waals surface area contributed by atoms with E-state index in [2.05, 4.69) is 52.9 Å². The van der Waals surface area contributed by atoms with Gasteiger partial charge in [0.1, 0.15) is 0 Å². The Labute approximate surface area is 115 Å². The number of rotatable bonds is 6. The third-order valence-electron chi connectivity index (χ3n) is 3.25. The van der Waals surface area contributed by atoms with Crippen molar-refractivity contribution in [2.24, 2.45) is 4.99 Å². The normalized spacial score (nSPS) is 22.1. The number of methoxy groups -OCH3 is 1. The van der Waals surface area contributed by atoms with Gasteiger partial charge < -0.3 is 15.4 Å². The zero-order chi connectivity index (χ0) is 13.5. The van der Waals surface area contributed by atoms with Gasteiger partial charge in [-0.2, -0.15) is 0 Å². The molecule has 0 aliphatic heterocycles. The Hall–Kier alpha value is -1.55. The molecule has 4 nitrogen and oxygen atoms in total. The van der Waals surface area contributed by atoms with Gasteiger partial charge in [0.25, 0.3) is 0 Å². The fourth-order valence-corrected chi connectivity index (χ4v) is 2.17. The molecule has 2 atom stereocenters. The molecule has 1 fully saturated rings. The summed E-state index contributed by atoms with van der Waals surface area (Å²) in [6.07, 6.45) is 1.18. The summed E-state index contributed by atoms with van der Waals surface area (Å²) >= 11 is 0. The average molecular weight is 261 g/mol. The maximum atomic E-state index is 5.02. The molecule has 1 aromatic carbocycles. The second kappa shape index (κ2) is 7.14. The molecule has 0 bridgehead atoms. The minimum absolute atomic E-state index is 0.503. The summed E-state index contributed by atoms with van der Waals surface area (Å²) < 4.78 is 5.02. The van der Waals surface area contributed by atoms with Crippen molar-refractivity contribution < 1.29 is 4.74 Å². The van der Waals surface area contributed by atoms with Gasteiger partial charge in [-0.15, -0.1) is 0 Å². The SMILES string of the molecule is CCNC(=NCCOC)NC1CC1c1ccccc1. The van der Waals surface area contributed by atoms with Crippen LogP contribution in [0.2, 0.25) is 0 Å². The summed E-state index contributed by atoms with van der Waals surface area (Å²) in [6, 6.07) is 11.2. The van der Waals surface area contributed by atoms with Crippen LogP contribution < -0.4 is 10.6 Å². The van der Waals surface area contributed by atoms with E-state index >= 15 is 0 Å². The van der Waals surface area contributed by atoms with Gasteiger partial charge >= 0.3 is 0 Å². The van der Waals surface area contributed by atoms with Crippen LogP contribution in [0.3, 0.4) is 0 Å². The molecule has 0 heterocycles. The fourth-order valence-electron chi connectivity index (χ4n) is 2.17. The Morgan fingerprint density at radius 3 is 2.84 bits per heavy atom. The molecule has 0 saturated heterocycles. The molecule has 4 heteroatoms. The van der Waals surface area contributed by atoms with Crippen LogP contribution in [0.5, 0.6) is 0 Å². The van der Waals surface area contributed by atoms with E-state index in [1.165, 1.54) is 12.0 Å². The van der Waals surface area contributed by atoms with E-state index in [0.717, 1.165) is 12.5 Å². The van der Waals surface area contributed by atoms with Gasteiger partial charge in [0.15, 0.2) is 5.96 Å². The molecule has 1 aromatic rings. The summed E-state index contributed by atoms with van der Waals surface area (Å²) in [4.78, 5) is 4.48. The van der Waals surface area contributed by atoms with Gasteiger partial charge in [0, 0.05) is 25.6 Å². The van der Waals surface area contributed by atoms with Crippen LogP contribution in [-0.4, -0.2) is 38.8 Å². The van der Waals surface area contributed by atoms with Gasteiger partial charge in [0.05, 0.1) is 13.2 Å². The van der Waals surface area contributed by atoms with E-state index in [1.54, 1.807) is 7.11 Å². The number of ether oxygens (including phenoxy) is 1. The van der Waals surface area contributed by atoms with Crippen molar-refractivity contribution in [3.63, 3.8) is 0 Å². The number of hydrogen-bond acceptors (Lipinski definition) is 2. The van der Waals surface area contributed by atoms with E-state index in [1.807, 2.05) is 0 Å². The molecule has 0 amide bonds. The quantitative estimate of drug-likeness (QED) is 0.466. The Bertz CT molecular complexity index is 405. The Morgan fingerprint density at radius 1 is 1.37 bits per heavy atom. The Morgan fingerprint density at radius 2 is 2.16 bits per heavy atom. The van der Waals surface area contributed by atoms with Crippen LogP contribution in [0.1, 0.15) is 24.8 Å². The van der Waals surface area contributed by atoms with Crippen LogP contribution in [0.15, 0.2) is 35.3 Å². The van der Waals surface area contributed by atoms with Crippen molar-refractivity contribution in [3.8, 4) is 0 Å². The van der Waals surface area contributed by atoms with E-state index in [-0.39, 0.29) is 0 Å². The van der Waals surface area contributed by atoms with Crippen molar-refractivity contribution >= 4 is 5.96 Å². The summed E-state index contributed by atoms with van der Waals surface area (Å²) in [5.41, 5.74) is 1.41. The number of nitrogens with zero attached hydrogens (tertiary/aromatic N) is 1. The zero-order valence-corrected chi connectivity index (χ0v) is 11.7. The number of nitrogens with one attached hydrogen (secondary N) is 2. The zero-order valence-electron chi connectivity index (χ0n) is 11.7. The second-order valence-corrected chi connectivity index (χ2v) is 4.76. The van der Waals surface area contributed by atoms with Gasteiger partial charge in [-0.25, -0.2) is 0 Å². The monoisotopic (exact) mass is 261 g/mol. The summed E-state index contributed by atoms with van der Waals surface area (Å²) in [7, 11) is 1.70. The molecule has 1 aliphatic carbocycles. The standard InChI is InChI=1S/C15H23N3O/c1-3-16-15(17-9-10-19-2)18-14-11-13(14)12-7-5-4-6-8-12/h4-8,13-14H,3,9-11H2,1-2H3,(H2,16,17,18). The van der Waals surface area contributed by atoms with Gasteiger partial charge in [-0.05, 0) is 18.9 Å². The Kier molecular flexibility index (Phi) is 5.21. The lowest BCUT2D eigenvalue weighted by atomic mass is 10.1. The molecule has 104 valence electrons. The summed E-state index contributed by atoms with van der Waals surface area (Å²) in [6.45, 7) is 4.30. The molecule has 2 unspecified atom stereocenters. The van der Waals surface area contributed by atoms with Gasteiger partial charge in [0.2, 0.25) is 0 Å². The third kappa shape index (κ3) is 4.24. The lowest BCUT2D eigenvalue weighted by molar-refractivity contribution is 0.208. The molecule has 0 spiro atoms. The molecule has 1 saturated carbocycles. The number of aliphatic imine (C=N–C) groups is 1. The molecule has 2 rings (SSSR count). The van der Waals surface area contributed by atoms with Crippen LogP contribution >= 0.6 is 0 Å². The maximum Gasteiger partial charge on any atom is 0.191 e. The van der Waals surface area contributed by atoms with E-state index in [0.29, 0.717) is 25.1 Å². The van der Waals surface area contributed by atoms with Crippen LogP contribution in [-0.2, 0) is 4.74 Å². The molecule has 0 aromatic heterocycles. The second-order valence-electron chi connectivity index (χ2n) is 4.76. The minimum atomic E-state index is 0.503. The smallest absolute Gasteiger partial charge is 0.191 e. The molecule has 0 radical (unpaired) electrons. The van der Waals surface area contributed by atoms with Crippen LogP contribution in [0.4, 0.5) is 0 Å². The van der Waals surface area contributed by atoms with Crippen LogP contribution in [0, 0.1) is 0 Å². The fraction of sp³-hybridized carbons (Fsp3) is 0.533. The topological polar surface area (TPSA) is 45.7 Å². The molecular formula is C15H23N3O. The predicted molar refractivity (Wildman–Crippen MR) is 78.6 cm³/mol. The van der Waals surface area contributed by atoms with Crippen molar-refractivity contribution in [3.05, 3.63) is 35.9 Å². The average Bonchev–Trinajstić information content (AvgIpc) is 3.19. The first-order valence-corrected chi connectivity index (χ1v) is 6.94. The maximum absolute atomic E-state index is 5.02. The van der Waals surface area contributed by atoms with E-state index < -0.39 is 0 Å². The molecule has 2 N–H and O–H groups in total. The Balaban J connectivity index is 1.84. The molecule has 1 aliphatic rings. The highest BCUT2D eigenvalue weighted by molar-refractivity contribution is 5.80. The van der Waals surface area contributed by atoms with Crippen molar-refractivity contribution in [1.82, 2.24) is 10.6 Å². The van der Waals surface area contributed by atoms with Gasteiger partial charge in [-0.1, -0.05) is 30.3 Å². The number of benzene rings is 1. The van der Waals surface area contributed by atoms with Crippen LogP contribution in [0.25, 0.3) is 0 Å². The van der Waals surface area contributed by atoms with Crippen molar-refractivity contribution in [2.45, 2.75) is 25.3 Å².